The Balaban J connectivity index is 1.61. The van der Waals surface area contributed by atoms with E-state index in [0.717, 1.165) is 20.8 Å². The summed E-state index contributed by atoms with van der Waals surface area (Å²) in [4.78, 5) is 16.8. The summed E-state index contributed by atoms with van der Waals surface area (Å²) in [5.41, 5.74) is 2.38. The second-order valence-corrected chi connectivity index (χ2v) is 7.46. The van der Waals surface area contributed by atoms with Crippen molar-refractivity contribution in [2.24, 2.45) is 0 Å². The van der Waals surface area contributed by atoms with Crippen molar-refractivity contribution in [1.29, 1.82) is 0 Å². The highest BCUT2D eigenvalue weighted by Gasteiger charge is 2.14. The van der Waals surface area contributed by atoms with Crippen LogP contribution in [0.5, 0.6) is 0 Å². The average molecular weight is 434 g/mol. The smallest absolute Gasteiger partial charge is 0.291 e. The zero-order valence-corrected chi connectivity index (χ0v) is 15.8. The van der Waals surface area contributed by atoms with E-state index in [0.29, 0.717) is 15.4 Å². The van der Waals surface area contributed by atoms with Crippen molar-refractivity contribution >= 4 is 60.7 Å². The van der Waals surface area contributed by atoms with Gasteiger partial charge in [-0.25, -0.2) is 4.98 Å². The number of rotatable bonds is 3. The van der Waals surface area contributed by atoms with Crippen LogP contribution in [-0.4, -0.2) is 10.9 Å². The third kappa shape index (κ3) is 3.33. The lowest BCUT2D eigenvalue weighted by atomic mass is 10.2. The largest absolute Gasteiger partial charge is 0.444 e. The highest BCUT2D eigenvalue weighted by molar-refractivity contribution is 9.10. The second-order valence-electron chi connectivity index (χ2n) is 5.24. The normalized spacial score (nSPS) is 11.0. The highest BCUT2D eigenvalue weighted by atomic mass is 79.9. The second kappa shape index (κ2) is 6.63. The molecule has 4 nitrogen and oxygen atoms in total. The molecule has 0 fully saturated rings. The molecular weight excluding hydrogens is 424 g/mol. The van der Waals surface area contributed by atoms with Crippen LogP contribution in [0, 0.1) is 0 Å². The van der Waals surface area contributed by atoms with Gasteiger partial charge in [0.25, 0.3) is 5.91 Å². The van der Waals surface area contributed by atoms with Crippen LogP contribution in [0.25, 0.3) is 20.8 Å². The van der Waals surface area contributed by atoms with E-state index in [2.05, 4.69) is 26.2 Å². The van der Waals surface area contributed by atoms with Gasteiger partial charge in [0.05, 0.1) is 20.9 Å². The predicted octanol–water partition coefficient (Wildman–Crippen LogP) is 6.22. The van der Waals surface area contributed by atoms with Gasteiger partial charge in [-0.1, -0.05) is 23.7 Å². The molecule has 25 heavy (non-hydrogen) atoms. The number of nitrogens with one attached hydrogen (secondary N) is 1. The first-order valence-electron chi connectivity index (χ1n) is 7.32. The summed E-state index contributed by atoms with van der Waals surface area (Å²) in [6.07, 6.45) is 0. The van der Waals surface area contributed by atoms with E-state index in [1.807, 2.05) is 30.3 Å². The fourth-order valence-electron chi connectivity index (χ4n) is 2.37. The van der Waals surface area contributed by atoms with E-state index < -0.39 is 0 Å². The molecule has 0 bridgehead atoms. The number of fused-ring (bicyclic) bond motifs is 1. The maximum atomic E-state index is 12.2. The van der Waals surface area contributed by atoms with Crippen molar-refractivity contribution in [1.82, 2.24) is 4.98 Å². The minimum Gasteiger partial charge on any atom is -0.444 e. The van der Waals surface area contributed by atoms with Gasteiger partial charge in [0.2, 0.25) is 0 Å². The molecule has 0 saturated heterocycles. The number of nitrogens with zero attached hydrogens (tertiary/aromatic N) is 1. The minimum absolute atomic E-state index is 0.207. The van der Waals surface area contributed by atoms with Crippen LogP contribution < -0.4 is 5.32 Å². The highest BCUT2D eigenvalue weighted by Crippen LogP contribution is 2.34. The number of furan rings is 1. The molecule has 1 amide bonds. The lowest BCUT2D eigenvalue weighted by Crippen LogP contribution is -2.11. The Morgan fingerprint density at radius 2 is 2.00 bits per heavy atom. The predicted molar refractivity (Wildman–Crippen MR) is 104 cm³/mol. The molecule has 2 aromatic carbocycles. The van der Waals surface area contributed by atoms with Crippen molar-refractivity contribution in [2.75, 3.05) is 5.32 Å². The van der Waals surface area contributed by atoms with Crippen LogP contribution in [0.4, 0.5) is 5.69 Å². The maximum Gasteiger partial charge on any atom is 0.291 e. The van der Waals surface area contributed by atoms with Crippen LogP contribution in [-0.2, 0) is 0 Å². The molecule has 0 atom stereocenters. The van der Waals surface area contributed by atoms with Gasteiger partial charge < -0.3 is 9.73 Å². The van der Waals surface area contributed by atoms with Gasteiger partial charge in [0, 0.05) is 5.56 Å². The number of thiazole rings is 1. The maximum absolute atomic E-state index is 12.2. The summed E-state index contributed by atoms with van der Waals surface area (Å²) in [7, 11) is 0. The number of amides is 1. The molecular formula is C18H10BrClN2O2S. The number of benzene rings is 2. The van der Waals surface area contributed by atoms with Crippen LogP contribution in [0.15, 0.2) is 63.7 Å². The lowest BCUT2D eigenvalue weighted by Gasteiger charge is -2.07. The van der Waals surface area contributed by atoms with Gasteiger partial charge in [0.1, 0.15) is 5.01 Å². The van der Waals surface area contributed by atoms with E-state index in [-0.39, 0.29) is 11.7 Å². The Morgan fingerprint density at radius 3 is 2.72 bits per heavy atom. The number of hydrogen-bond donors (Lipinski definition) is 1. The summed E-state index contributed by atoms with van der Waals surface area (Å²) in [5.74, 6) is -0.154. The zero-order valence-electron chi connectivity index (χ0n) is 12.6. The number of para-hydroxylation sites is 1. The average Bonchev–Trinajstić information content (AvgIpc) is 3.22. The van der Waals surface area contributed by atoms with E-state index in [1.54, 1.807) is 35.6 Å². The van der Waals surface area contributed by atoms with E-state index >= 15 is 0 Å². The number of carbonyl (C=O) groups is 1. The molecule has 4 rings (SSSR count). The Morgan fingerprint density at radius 1 is 1.16 bits per heavy atom. The molecule has 0 aliphatic rings. The van der Waals surface area contributed by atoms with Gasteiger partial charge in [-0.3, -0.25) is 4.79 Å². The van der Waals surface area contributed by atoms with Crippen molar-refractivity contribution in [3.63, 3.8) is 0 Å². The van der Waals surface area contributed by atoms with Gasteiger partial charge in [-0.05, 0) is 58.4 Å². The van der Waals surface area contributed by atoms with Crippen molar-refractivity contribution in [3.8, 4) is 10.6 Å². The number of aromatic nitrogens is 1. The monoisotopic (exact) mass is 432 g/mol. The third-order valence-electron chi connectivity index (χ3n) is 3.56. The third-order valence-corrected chi connectivity index (χ3v) is 5.38. The lowest BCUT2D eigenvalue weighted by molar-refractivity contribution is 0.0995. The zero-order chi connectivity index (χ0) is 17.4. The number of anilines is 1. The molecule has 7 heteroatoms. The Labute approximate surface area is 160 Å². The fourth-order valence-corrected chi connectivity index (χ4v) is 3.86. The molecule has 0 spiro atoms. The number of carbonyl (C=O) groups excluding carboxylic acids is 1. The molecule has 2 aromatic heterocycles. The summed E-state index contributed by atoms with van der Waals surface area (Å²) in [5, 5.41) is 4.07. The van der Waals surface area contributed by atoms with Crippen LogP contribution >= 0.6 is 38.9 Å². The molecule has 1 N–H and O–H groups in total. The van der Waals surface area contributed by atoms with Gasteiger partial charge >= 0.3 is 0 Å². The molecule has 0 aliphatic heterocycles. The van der Waals surface area contributed by atoms with Crippen LogP contribution in [0.1, 0.15) is 10.6 Å². The SMILES string of the molecule is O=C(Nc1ccc(-c2nc3ccccc3s2)cc1Cl)c1ccc(Br)o1. The van der Waals surface area contributed by atoms with Crippen molar-refractivity contribution < 1.29 is 9.21 Å². The molecule has 0 unspecified atom stereocenters. The molecule has 0 aliphatic carbocycles. The van der Waals surface area contributed by atoms with Crippen LogP contribution in [0.3, 0.4) is 0 Å². The molecule has 0 radical (unpaired) electrons. The number of hydrogen-bond acceptors (Lipinski definition) is 4. The molecule has 2 heterocycles. The molecule has 4 aromatic rings. The van der Waals surface area contributed by atoms with E-state index in [9.17, 15) is 4.79 Å². The van der Waals surface area contributed by atoms with Crippen molar-refractivity contribution in [3.05, 3.63) is 70.0 Å². The van der Waals surface area contributed by atoms with Crippen molar-refractivity contribution in [2.45, 2.75) is 0 Å². The summed E-state index contributed by atoms with van der Waals surface area (Å²) >= 11 is 11.1. The first-order valence-corrected chi connectivity index (χ1v) is 9.31. The molecule has 124 valence electrons. The summed E-state index contributed by atoms with van der Waals surface area (Å²) < 4.78 is 6.85. The Hall–Kier alpha value is -2.15. The minimum atomic E-state index is -0.361. The summed E-state index contributed by atoms with van der Waals surface area (Å²) in [6.45, 7) is 0. The Bertz CT molecular complexity index is 1060. The standard InChI is InChI=1S/C18H10BrClN2O2S/c19-16-8-7-14(24-16)17(23)21-12-6-5-10(9-11(12)20)18-22-13-3-1-2-4-15(13)25-18/h1-9H,(H,21,23). The number of halogens is 2. The quantitative estimate of drug-likeness (QED) is 0.417. The van der Waals surface area contributed by atoms with Crippen LogP contribution in [0.2, 0.25) is 5.02 Å². The fraction of sp³-hybridized carbons (Fsp3) is 0. The van der Waals surface area contributed by atoms with E-state index in [4.69, 9.17) is 16.0 Å². The first-order chi connectivity index (χ1) is 12.1. The van der Waals surface area contributed by atoms with Gasteiger partial charge in [0.15, 0.2) is 10.4 Å². The molecule has 0 saturated carbocycles. The van der Waals surface area contributed by atoms with E-state index in [1.165, 1.54) is 0 Å². The first kappa shape index (κ1) is 16.3. The van der Waals surface area contributed by atoms with Gasteiger partial charge in [-0.15, -0.1) is 11.3 Å². The topological polar surface area (TPSA) is 55.1 Å². The summed E-state index contributed by atoms with van der Waals surface area (Å²) in [6, 6.07) is 16.7. The van der Waals surface area contributed by atoms with Gasteiger partial charge in [-0.2, -0.15) is 0 Å². The Kier molecular flexibility index (Phi) is 4.33.